The first-order chi connectivity index (χ1) is 7.91. The molecule has 0 radical (unpaired) electrons. The second-order valence-electron chi connectivity index (χ2n) is 3.48. The van der Waals surface area contributed by atoms with Gasteiger partial charge in [-0.3, -0.25) is 14.9 Å². The van der Waals surface area contributed by atoms with Crippen LogP contribution in [0.15, 0.2) is 22.7 Å². The minimum absolute atomic E-state index is 0.0349. The van der Waals surface area contributed by atoms with Crippen molar-refractivity contribution in [1.82, 2.24) is 5.32 Å². The molecule has 0 aliphatic rings. The number of nitro groups is 1. The highest BCUT2D eigenvalue weighted by Gasteiger charge is 2.14. The molecule has 0 bridgehead atoms. The molecule has 92 valence electrons. The predicted molar refractivity (Wildman–Crippen MR) is 64.7 cm³/mol. The molecule has 1 rings (SSSR count). The average Bonchev–Trinajstić information content (AvgIpc) is 2.26. The average molecular weight is 303 g/mol. The van der Waals surface area contributed by atoms with Crippen LogP contribution in [0.5, 0.6) is 0 Å². The maximum atomic E-state index is 10.7. The minimum Gasteiger partial charge on any atom is -0.480 e. The Morgan fingerprint density at radius 2 is 2.29 bits per heavy atom. The topological polar surface area (TPSA) is 92.5 Å². The highest BCUT2D eigenvalue weighted by atomic mass is 79.9. The van der Waals surface area contributed by atoms with Gasteiger partial charge in [-0.2, -0.15) is 0 Å². The molecule has 17 heavy (non-hydrogen) atoms. The Bertz CT molecular complexity index is 450. The third-order valence-corrected chi connectivity index (χ3v) is 2.86. The third kappa shape index (κ3) is 3.79. The molecule has 0 amide bonds. The van der Waals surface area contributed by atoms with Crippen molar-refractivity contribution in [3.63, 3.8) is 0 Å². The van der Waals surface area contributed by atoms with Crippen LogP contribution in [0.1, 0.15) is 12.5 Å². The summed E-state index contributed by atoms with van der Waals surface area (Å²) in [4.78, 5) is 20.8. The molecular weight excluding hydrogens is 292 g/mol. The molecule has 0 aliphatic carbocycles. The normalized spacial score (nSPS) is 12.1. The number of aliphatic carboxylic acids is 1. The van der Waals surface area contributed by atoms with Crippen LogP contribution in [0.4, 0.5) is 5.69 Å². The number of carbonyl (C=O) groups is 1. The van der Waals surface area contributed by atoms with Crippen molar-refractivity contribution in [2.45, 2.75) is 19.5 Å². The Balaban J connectivity index is 2.76. The molecule has 1 atom stereocenters. The Morgan fingerprint density at radius 1 is 1.65 bits per heavy atom. The molecule has 0 aliphatic heterocycles. The van der Waals surface area contributed by atoms with Gasteiger partial charge in [0.05, 0.1) is 9.40 Å². The quantitative estimate of drug-likeness (QED) is 0.640. The summed E-state index contributed by atoms with van der Waals surface area (Å²) in [7, 11) is 0. The Morgan fingerprint density at radius 3 is 2.82 bits per heavy atom. The highest BCUT2D eigenvalue weighted by Crippen LogP contribution is 2.25. The van der Waals surface area contributed by atoms with Crippen LogP contribution in [0, 0.1) is 10.1 Å². The number of benzene rings is 1. The molecule has 0 aromatic heterocycles. The Hall–Kier alpha value is -1.47. The van der Waals surface area contributed by atoms with E-state index in [-0.39, 0.29) is 12.2 Å². The fourth-order valence-electron chi connectivity index (χ4n) is 1.17. The van der Waals surface area contributed by atoms with Gasteiger partial charge < -0.3 is 10.4 Å². The van der Waals surface area contributed by atoms with Crippen LogP contribution in [-0.2, 0) is 11.3 Å². The SMILES string of the molecule is CC(NCc1ccc(Br)c([N+](=O)[O-])c1)C(=O)O. The third-order valence-electron chi connectivity index (χ3n) is 2.19. The lowest BCUT2D eigenvalue weighted by atomic mass is 10.2. The van der Waals surface area contributed by atoms with E-state index in [2.05, 4.69) is 21.2 Å². The molecule has 0 saturated heterocycles. The van der Waals surface area contributed by atoms with Crippen LogP contribution in [-0.4, -0.2) is 22.0 Å². The van der Waals surface area contributed by atoms with Gasteiger partial charge in [0.1, 0.15) is 6.04 Å². The Kier molecular flexibility index (Phi) is 4.59. The first-order valence-electron chi connectivity index (χ1n) is 4.81. The second kappa shape index (κ2) is 5.74. The maximum Gasteiger partial charge on any atom is 0.320 e. The first-order valence-corrected chi connectivity index (χ1v) is 5.60. The van der Waals surface area contributed by atoms with Gasteiger partial charge in [-0.05, 0) is 34.5 Å². The molecule has 7 heteroatoms. The molecule has 1 aromatic carbocycles. The molecule has 2 N–H and O–H groups in total. The largest absolute Gasteiger partial charge is 0.480 e. The number of nitrogens with one attached hydrogen (secondary N) is 1. The summed E-state index contributed by atoms with van der Waals surface area (Å²) in [6.45, 7) is 1.77. The summed E-state index contributed by atoms with van der Waals surface area (Å²) >= 11 is 3.08. The molecule has 6 nitrogen and oxygen atoms in total. The van der Waals surface area contributed by atoms with E-state index in [1.165, 1.54) is 13.0 Å². The number of halogens is 1. The van der Waals surface area contributed by atoms with E-state index in [1.807, 2.05) is 0 Å². The Labute approximate surface area is 106 Å². The van der Waals surface area contributed by atoms with Crippen molar-refractivity contribution in [2.24, 2.45) is 0 Å². The van der Waals surface area contributed by atoms with Crippen molar-refractivity contribution < 1.29 is 14.8 Å². The zero-order chi connectivity index (χ0) is 13.0. The van der Waals surface area contributed by atoms with Crippen molar-refractivity contribution >= 4 is 27.6 Å². The molecule has 0 fully saturated rings. The first kappa shape index (κ1) is 13.6. The van der Waals surface area contributed by atoms with Gasteiger partial charge in [0, 0.05) is 12.6 Å². The fourth-order valence-corrected chi connectivity index (χ4v) is 1.56. The number of rotatable bonds is 5. The maximum absolute atomic E-state index is 10.7. The van der Waals surface area contributed by atoms with E-state index < -0.39 is 16.9 Å². The van der Waals surface area contributed by atoms with Gasteiger partial charge in [0.2, 0.25) is 0 Å². The van der Waals surface area contributed by atoms with Crippen LogP contribution in [0.2, 0.25) is 0 Å². The summed E-state index contributed by atoms with van der Waals surface area (Å²) in [5.74, 6) is -0.961. The van der Waals surface area contributed by atoms with Gasteiger partial charge in [-0.25, -0.2) is 0 Å². The fraction of sp³-hybridized carbons (Fsp3) is 0.300. The summed E-state index contributed by atoms with van der Waals surface area (Å²) in [5, 5.41) is 22.1. The van der Waals surface area contributed by atoms with Crippen molar-refractivity contribution in [2.75, 3.05) is 0 Å². The van der Waals surface area contributed by atoms with Gasteiger partial charge >= 0.3 is 5.97 Å². The lowest BCUT2D eigenvalue weighted by Gasteiger charge is -2.09. The molecular formula is C10H11BrN2O4. The number of hydrogen-bond donors (Lipinski definition) is 2. The van der Waals surface area contributed by atoms with Gasteiger partial charge in [0.15, 0.2) is 0 Å². The monoisotopic (exact) mass is 302 g/mol. The van der Waals surface area contributed by atoms with E-state index in [0.717, 1.165) is 0 Å². The summed E-state index contributed by atoms with van der Waals surface area (Å²) in [6.07, 6.45) is 0. The zero-order valence-corrected chi connectivity index (χ0v) is 10.6. The zero-order valence-electron chi connectivity index (χ0n) is 9.01. The van der Waals surface area contributed by atoms with Gasteiger partial charge in [0.25, 0.3) is 5.69 Å². The highest BCUT2D eigenvalue weighted by molar-refractivity contribution is 9.10. The standard InChI is InChI=1S/C10H11BrN2O4/c1-6(10(14)15)12-5-7-2-3-8(11)9(4-7)13(16)17/h2-4,6,12H,5H2,1H3,(H,14,15). The minimum atomic E-state index is -0.961. The summed E-state index contributed by atoms with van der Waals surface area (Å²) in [6, 6.07) is 3.97. The van der Waals surface area contributed by atoms with Crippen LogP contribution < -0.4 is 5.32 Å². The molecule has 0 saturated carbocycles. The van der Waals surface area contributed by atoms with E-state index in [9.17, 15) is 14.9 Å². The smallest absolute Gasteiger partial charge is 0.320 e. The van der Waals surface area contributed by atoms with Gasteiger partial charge in [-0.1, -0.05) is 6.07 Å². The van der Waals surface area contributed by atoms with Crippen molar-refractivity contribution in [3.05, 3.63) is 38.3 Å². The van der Waals surface area contributed by atoms with Crippen molar-refractivity contribution in [1.29, 1.82) is 0 Å². The number of hydrogen-bond acceptors (Lipinski definition) is 4. The molecule has 1 aromatic rings. The summed E-state index contributed by atoms with van der Waals surface area (Å²) in [5.41, 5.74) is 0.625. The number of carboxylic acids is 1. The van der Waals surface area contributed by atoms with E-state index in [1.54, 1.807) is 12.1 Å². The van der Waals surface area contributed by atoms with E-state index >= 15 is 0 Å². The molecule has 0 heterocycles. The number of carboxylic acid groups (broad SMARTS) is 1. The van der Waals surface area contributed by atoms with E-state index in [0.29, 0.717) is 10.0 Å². The number of nitrogens with zero attached hydrogens (tertiary/aromatic N) is 1. The van der Waals surface area contributed by atoms with E-state index in [4.69, 9.17) is 5.11 Å². The van der Waals surface area contributed by atoms with Crippen LogP contribution in [0.3, 0.4) is 0 Å². The lowest BCUT2D eigenvalue weighted by Crippen LogP contribution is -2.33. The van der Waals surface area contributed by atoms with Crippen LogP contribution >= 0.6 is 15.9 Å². The van der Waals surface area contributed by atoms with Crippen LogP contribution in [0.25, 0.3) is 0 Å². The second-order valence-corrected chi connectivity index (χ2v) is 4.34. The molecule has 0 spiro atoms. The predicted octanol–water partition coefficient (Wildman–Crippen LogP) is 1.92. The summed E-state index contributed by atoms with van der Waals surface area (Å²) < 4.78 is 0.400. The number of nitro benzene ring substituents is 1. The molecule has 1 unspecified atom stereocenters. The van der Waals surface area contributed by atoms with Crippen molar-refractivity contribution in [3.8, 4) is 0 Å². The van der Waals surface area contributed by atoms with Gasteiger partial charge in [-0.15, -0.1) is 0 Å². The lowest BCUT2D eigenvalue weighted by molar-refractivity contribution is -0.385.